The number of fused-ring (bicyclic) bond motifs is 6. The van der Waals surface area contributed by atoms with Gasteiger partial charge in [-0.3, -0.25) is 0 Å². The van der Waals surface area contributed by atoms with Gasteiger partial charge in [-0.25, -0.2) is 0 Å². The fourth-order valence-corrected chi connectivity index (χ4v) is 8.39. The van der Waals surface area contributed by atoms with Crippen LogP contribution in [-0.2, 0) is 0 Å². The van der Waals surface area contributed by atoms with Gasteiger partial charge >= 0.3 is 0 Å². The van der Waals surface area contributed by atoms with E-state index in [1.54, 1.807) is 0 Å². The van der Waals surface area contributed by atoms with E-state index in [2.05, 4.69) is 146 Å². The maximum Gasteiger partial charge on any atom is 0.136 e. The van der Waals surface area contributed by atoms with Crippen LogP contribution in [0.15, 0.2) is 150 Å². The van der Waals surface area contributed by atoms with Crippen LogP contribution in [0.2, 0.25) is 0 Å². The predicted octanol–water partition coefficient (Wildman–Crippen LogP) is 12.7. The quantitative estimate of drug-likeness (QED) is 0.191. The predicted molar refractivity (Wildman–Crippen MR) is 189 cm³/mol. The third kappa shape index (κ3) is 3.40. The van der Waals surface area contributed by atoms with E-state index in [1.807, 2.05) is 11.3 Å². The Morgan fingerprint density at radius 1 is 0.364 bits per heavy atom. The Morgan fingerprint density at radius 3 is 1.70 bits per heavy atom. The average molecular weight is 577 g/mol. The minimum absolute atomic E-state index is 0.952. The Morgan fingerprint density at radius 2 is 0.977 bits per heavy atom. The van der Waals surface area contributed by atoms with Gasteiger partial charge in [-0.15, -0.1) is 11.3 Å². The Hall–Kier alpha value is -5.44. The highest BCUT2D eigenvalue weighted by Crippen LogP contribution is 2.47. The smallest absolute Gasteiger partial charge is 0.136 e. The molecule has 2 aromatic heterocycles. The van der Waals surface area contributed by atoms with Crippen LogP contribution in [0.3, 0.4) is 0 Å². The highest BCUT2D eigenvalue weighted by Gasteiger charge is 2.19. The molecular formula is C42H24OS. The Balaban J connectivity index is 1.29. The van der Waals surface area contributed by atoms with Crippen LogP contribution in [0.1, 0.15) is 0 Å². The molecule has 8 aromatic carbocycles. The molecule has 0 N–H and O–H groups in total. The van der Waals surface area contributed by atoms with Gasteiger partial charge in [0.05, 0.1) is 0 Å². The molecule has 2 heteroatoms. The molecule has 10 rings (SSSR count). The zero-order valence-corrected chi connectivity index (χ0v) is 24.5. The molecule has 2 heterocycles. The Labute approximate surface area is 257 Å². The van der Waals surface area contributed by atoms with Crippen LogP contribution in [0.4, 0.5) is 0 Å². The summed E-state index contributed by atoms with van der Waals surface area (Å²) >= 11 is 1.89. The van der Waals surface area contributed by atoms with Crippen molar-refractivity contribution in [2.75, 3.05) is 0 Å². The Bertz CT molecular complexity index is 2690. The van der Waals surface area contributed by atoms with Gasteiger partial charge in [0.2, 0.25) is 0 Å². The molecule has 0 unspecified atom stereocenters. The molecule has 1 nitrogen and oxygen atoms in total. The van der Waals surface area contributed by atoms with Gasteiger partial charge < -0.3 is 4.42 Å². The fourth-order valence-electron chi connectivity index (χ4n) is 7.19. The largest absolute Gasteiger partial charge is 0.456 e. The van der Waals surface area contributed by atoms with E-state index in [4.69, 9.17) is 4.42 Å². The first-order valence-corrected chi connectivity index (χ1v) is 15.8. The van der Waals surface area contributed by atoms with E-state index in [-0.39, 0.29) is 0 Å². The third-order valence-electron chi connectivity index (χ3n) is 9.22. The lowest BCUT2D eigenvalue weighted by atomic mass is 9.90. The summed E-state index contributed by atoms with van der Waals surface area (Å²) in [6.45, 7) is 0. The van der Waals surface area contributed by atoms with E-state index in [0.717, 1.165) is 11.2 Å². The third-order valence-corrected chi connectivity index (χ3v) is 10.4. The summed E-state index contributed by atoms with van der Waals surface area (Å²) in [5.41, 5.74) is 9.37. The molecule has 44 heavy (non-hydrogen) atoms. The summed E-state index contributed by atoms with van der Waals surface area (Å²) in [6.07, 6.45) is 0. The van der Waals surface area contributed by atoms with Crippen molar-refractivity contribution in [1.82, 2.24) is 0 Å². The lowest BCUT2D eigenvalue weighted by Crippen LogP contribution is -1.86. The van der Waals surface area contributed by atoms with Crippen LogP contribution >= 0.6 is 11.3 Å². The number of benzene rings is 8. The molecule has 0 saturated carbocycles. The van der Waals surface area contributed by atoms with Crippen LogP contribution in [0.25, 0.3) is 97.0 Å². The number of hydrogen-bond acceptors (Lipinski definition) is 2. The topological polar surface area (TPSA) is 13.1 Å². The summed E-state index contributed by atoms with van der Waals surface area (Å²) in [5.74, 6) is 0. The van der Waals surface area contributed by atoms with E-state index in [9.17, 15) is 0 Å². The van der Waals surface area contributed by atoms with Crippen molar-refractivity contribution in [1.29, 1.82) is 0 Å². The van der Waals surface area contributed by atoms with E-state index >= 15 is 0 Å². The first-order chi connectivity index (χ1) is 21.8. The molecule has 0 aliphatic heterocycles. The first-order valence-electron chi connectivity index (χ1n) is 15.0. The SMILES string of the molecule is c1ccc(-c2ccc3sc4c(-c5ccc6c(c5)c5cccc7oc8cccc6c8c75)cc(-c5ccccc5)cc4c3c2)cc1. The van der Waals surface area contributed by atoms with Crippen molar-refractivity contribution < 1.29 is 4.42 Å². The van der Waals surface area contributed by atoms with Crippen molar-refractivity contribution in [3.8, 4) is 33.4 Å². The van der Waals surface area contributed by atoms with Crippen LogP contribution in [-0.4, -0.2) is 0 Å². The molecular weight excluding hydrogens is 553 g/mol. The maximum absolute atomic E-state index is 6.30. The molecule has 0 aliphatic carbocycles. The highest BCUT2D eigenvalue weighted by molar-refractivity contribution is 7.26. The van der Waals surface area contributed by atoms with Gasteiger partial charge in [0.1, 0.15) is 11.2 Å². The number of furan rings is 1. The van der Waals surface area contributed by atoms with Crippen molar-refractivity contribution in [3.05, 3.63) is 146 Å². The van der Waals surface area contributed by atoms with E-state index in [0.29, 0.717) is 0 Å². The second kappa shape index (κ2) is 9.03. The van der Waals surface area contributed by atoms with Gasteiger partial charge in [-0.2, -0.15) is 0 Å². The summed E-state index contributed by atoms with van der Waals surface area (Å²) in [6, 6.07) is 53.1. The van der Waals surface area contributed by atoms with Gasteiger partial charge in [0.15, 0.2) is 0 Å². The number of rotatable bonds is 3. The number of thiophene rings is 1. The van der Waals surface area contributed by atoms with Crippen molar-refractivity contribution in [3.63, 3.8) is 0 Å². The highest BCUT2D eigenvalue weighted by atomic mass is 32.1. The van der Waals surface area contributed by atoms with E-state index < -0.39 is 0 Å². The maximum atomic E-state index is 6.30. The monoisotopic (exact) mass is 576 g/mol. The molecule has 10 aromatic rings. The van der Waals surface area contributed by atoms with Crippen molar-refractivity contribution >= 4 is 75.0 Å². The van der Waals surface area contributed by atoms with Crippen LogP contribution in [0, 0.1) is 0 Å². The molecule has 0 radical (unpaired) electrons. The van der Waals surface area contributed by atoms with Crippen molar-refractivity contribution in [2.45, 2.75) is 0 Å². The molecule has 0 aliphatic rings. The molecule has 0 bridgehead atoms. The molecule has 0 spiro atoms. The molecule has 0 saturated heterocycles. The fraction of sp³-hybridized carbons (Fsp3) is 0. The number of hydrogen-bond donors (Lipinski definition) is 0. The Kier molecular flexibility index (Phi) is 4.94. The lowest BCUT2D eigenvalue weighted by Gasteiger charge is -2.12. The summed E-state index contributed by atoms with van der Waals surface area (Å²) in [4.78, 5) is 0. The molecule has 0 fully saturated rings. The second-order valence-electron chi connectivity index (χ2n) is 11.7. The average Bonchev–Trinajstić information content (AvgIpc) is 3.66. The lowest BCUT2D eigenvalue weighted by molar-refractivity contribution is 0.669. The van der Waals surface area contributed by atoms with Crippen LogP contribution in [0.5, 0.6) is 0 Å². The zero-order chi connectivity index (χ0) is 28.8. The second-order valence-corrected chi connectivity index (χ2v) is 12.7. The van der Waals surface area contributed by atoms with E-state index in [1.165, 1.54) is 85.9 Å². The molecule has 0 amide bonds. The zero-order valence-electron chi connectivity index (χ0n) is 23.7. The first kappa shape index (κ1) is 24.0. The molecule has 0 atom stereocenters. The van der Waals surface area contributed by atoms with Gasteiger partial charge in [-0.1, -0.05) is 103 Å². The minimum atomic E-state index is 0.952. The van der Waals surface area contributed by atoms with Gasteiger partial charge in [-0.05, 0) is 91.8 Å². The normalized spacial score (nSPS) is 12.1. The minimum Gasteiger partial charge on any atom is -0.456 e. The van der Waals surface area contributed by atoms with Crippen molar-refractivity contribution in [2.24, 2.45) is 0 Å². The van der Waals surface area contributed by atoms with Gasteiger partial charge in [0.25, 0.3) is 0 Å². The van der Waals surface area contributed by atoms with Gasteiger partial charge in [0, 0.05) is 36.5 Å². The van der Waals surface area contributed by atoms with Crippen LogP contribution < -0.4 is 0 Å². The standard InChI is InChI=1S/C42H24OS/c1-3-9-25(10-4-1)27-18-20-39-35(21-27)36-24-29(26-11-5-2-6-12-26)23-33(42(36)44-39)28-17-19-30-31-13-7-15-37-40(31)41-32(34(30)22-28)14-8-16-38(41)43-37/h1-24H. The molecule has 204 valence electrons. The summed E-state index contributed by atoms with van der Waals surface area (Å²) < 4.78 is 8.93. The summed E-state index contributed by atoms with van der Waals surface area (Å²) in [5, 5.41) is 10.1. The summed E-state index contributed by atoms with van der Waals surface area (Å²) in [7, 11) is 0.